The van der Waals surface area contributed by atoms with Crippen LogP contribution in [0.2, 0.25) is 0 Å². The van der Waals surface area contributed by atoms with Crippen molar-refractivity contribution in [3.05, 3.63) is 24.3 Å². The van der Waals surface area contributed by atoms with Gasteiger partial charge in [0.2, 0.25) is 5.91 Å². The monoisotopic (exact) mass is 846 g/mol. The van der Waals surface area contributed by atoms with Gasteiger partial charge in [0.25, 0.3) is 0 Å². The Kier molecular flexibility index (Phi) is 48.6. The molecule has 0 fully saturated rings. The number of carbonyl (C=O) groups is 2. The third kappa shape index (κ3) is 45.9. The molecule has 0 radical (unpaired) electrons. The van der Waals surface area contributed by atoms with Crippen LogP contribution in [-0.4, -0.2) is 47.4 Å². The first kappa shape index (κ1) is 58.3. The maximum atomic E-state index is 12.4. The first-order chi connectivity index (χ1) is 29.5. The molecule has 0 heterocycles. The Morgan fingerprint density at radius 3 is 1.18 bits per heavy atom. The van der Waals surface area contributed by atoms with Gasteiger partial charge in [0.05, 0.1) is 25.4 Å². The average Bonchev–Trinajstić information content (AvgIpc) is 3.25. The van der Waals surface area contributed by atoms with Crippen molar-refractivity contribution in [1.29, 1.82) is 0 Å². The summed E-state index contributed by atoms with van der Waals surface area (Å²) in [5, 5.41) is 23.0. The average molecular weight is 846 g/mol. The summed E-state index contributed by atoms with van der Waals surface area (Å²) in [4.78, 5) is 24.4. The molecule has 0 aromatic heterocycles. The minimum Gasteiger partial charge on any atom is -0.466 e. The van der Waals surface area contributed by atoms with Crippen LogP contribution in [0.15, 0.2) is 24.3 Å². The summed E-state index contributed by atoms with van der Waals surface area (Å²) in [6.45, 7) is 4.88. The number of aliphatic hydroxyl groups excluding tert-OH is 2. The van der Waals surface area contributed by atoms with E-state index >= 15 is 0 Å². The molecule has 0 aliphatic rings. The predicted molar refractivity (Wildman–Crippen MR) is 260 cm³/mol. The smallest absolute Gasteiger partial charge is 0.305 e. The van der Waals surface area contributed by atoms with Crippen molar-refractivity contribution in [3.8, 4) is 0 Å². The summed E-state index contributed by atoms with van der Waals surface area (Å²) in [5.41, 5.74) is 0. The van der Waals surface area contributed by atoms with Crippen molar-refractivity contribution >= 4 is 11.9 Å². The van der Waals surface area contributed by atoms with Crippen molar-refractivity contribution in [1.82, 2.24) is 5.32 Å². The second kappa shape index (κ2) is 50.0. The lowest BCUT2D eigenvalue weighted by atomic mass is 10.0. The third-order valence-corrected chi connectivity index (χ3v) is 12.2. The fourth-order valence-corrected chi connectivity index (χ4v) is 8.10. The Bertz CT molecular complexity index is 935. The van der Waals surface area contributed by atoms with Crippen LogP contribution in [-0.2, 0) is 14.3 Å². The molecule has 0 aromatic rings. The lowest BCUT2D eigenvalue weighted by Crippen LogP contribution is -2.45. The molecule has 0 rings (SSSR count). The zero-order valence-electron chi connectivity index (χ0n) is 40.2. The standard InChI is InChI=1S/C54H103NO5/c1-3-5-7-9-11-13-15-17-23-26-30-34-38-42-46-52(57)51(50-56)55-53(58)47-43-39-35-31-27-24-20-18-19-21-25-29-33-37-41-45-49-60-54(59)48-44-40-36-32-28-22-16-14-12-10-8-6-4-2/h18,20,42,46,51-52,56-57H,3-17,19,21-41,43-45,47-50H2,1-2H3,(H,55,58)/b20-18-,46-42+. The second-order valence-corrected chi connectivity index (χ2v) is 18.2. The second-order valence-electron chi connectivity index (χ2n) is 18.2. The van der Waals surface area contributed by atoms with Gasteiger partial charge in [-0.2, -0.15) is 0 Å². The van der Waals surface area contributed by atoms with E-state index in [1.807, 2.05) is 6.08 Å². The summed E-state index contributed by atoms with van der Waals surface area (Å²) in [6.07, 6.45) is 58.9. The summed E-state index contributed by atoms with van der Waals surface area (Å²) < 4.78 is 5.46. The van der Waals surface area contributed by atoms with Crippen LogP contribution in [0.25, 0.3) is 0 Å². The number of esters is 1. The van der Waals surface area contributed by atoms with Gasteiger partial charge in [-0.25, -0.2) is 0 Å². The van der Waals surface area contributed by atoms with Crippen LogP contribution in [0, 0.1) is 0 Å². The number of ether oxygens (including phenoxy) is 1. The number of carbonyl (C=O) groups excluding carboxylic acids is 2. The van der Waals surface area contributed by atoms with E-state index in [1.165, 1.54) is 193 Å². The molecule has 60 heavy (non-hydrogen) atoms. The van der Waals surface area contributed by atoms with E-state index in [9.17, 15) is 19.8 Å². The van der Waals surface area contributed by atoms with Crippen molar-refractivity contribution in [2.75, 3.05) is 13.2 Å². The van der Waals surface area contributed by atoms with E-state index in [2.05, 4.69) is 31.3 Å². The molecule has 0 aromatic carbocycles. The van der Waals surface area contributed by atoms with Crippen LogP contribution in [0.3, 0.4) is 0 Å². The minimum atomic E-state index is -0.853. The van der Waals surface area contributed by atoms with Crippen LogP contribution < -0.4 is 5.32 Å². The topological polar surface area (TPSA) is 95.9 Å². The molecule has 354 valence electrons. The van der Waals surface area contributed by atoms with Gasteiger partial charge in [-0.15, -0.1) is 0 Å². The Labute approximate surface area is 373 Å². The first-order valence-corrected chi connectivity index (χ1v) is 26.6. The fourth-order valence-electron chi connectivity index (χ4n) is 8.10. The summed E-state index contributed by atoms with van der Waals surface area (Å²) in [7, 11) is 0. The van der Waals surface area contributed by atoms with Gasteiger partial charge < -0.3 is 20.3 Å². The molecule has 0 aliphatic carbocycles. The van der Waals surface area contributed by atoms with Crippen molar-refractivity contribution in [2.24, 2.45) is 0 Å². The van der Waals surface area contributed by atoms with Gasteiger partial charge in [-0.05, 0) is 57.8 Å². The van der Waals surface area contributed by atoms with Crippen LogP contribution in [0.1, 0.15) is 284 Å². The zero-order valence-corrected chi connectivity index (χ0v) is 40.2. The fraction of sp³-hybridized carbons (Fsp3) is 0.889. The quantitative estimate of drug-likeness (QED) is 0.0322. The summed E-state index contributed by atoms with van der Waals surface area (Å²) in [5.74, 6) is -0.0874. The molecule has 0 bridgehead atoms. The van der Waals surface area contributed by atoms with Gasteiger partial charge in [-0.1, -0.05) is 237 Å². The molecule has 6 heteroatoms. The van der Waals surface area contributed by atoms with E-state index in [0.717, 1.165) is 64.2 Å². The normalized spacial score (nSPS) is 12.8. The van der Waals surface area contributed by atoms with Gasteiger partial charge in [0.15, 0.2) is 0 Å². The maximum absolute atomic E-state index is 12.4. The highest BCUT2D eigenvalue weighted by Gasteiger charge is 2.18. The Hall–Kier alpha value is -1.66. The van der Waals surface area contributed by atoms with E-state index in [4.69, 9.17) is 4.74 Å². The number of allylic oxidation sites excluding steroid dienone is 3. The highest BCUT2D eigenvalue weighted by atomic mass is 16.5. The van der Waals surface area contributed by atoms with Crippen molar-refractivity contribution in [3.63, 3.8) is 0 Å². The number of aliphatic hydroxyl groups is 2. The third-order valence-electron chi connectivity index (χ3n) is 12.2. The highest BCUT2D eigenvalue weighted by molar-refractivity contribution is 5.76. The van der Waals surface area contributed by atoms with E-state index in [-0.39, 0.29) is 18.5 Å². The van der Waals surface area contributed by atoms with E-state index in [0.29, 0.717) is 19.4 Å². The number of hydrogen-bond donors (Lipinski definition) is 3. The molecule has 0 aliphatic heterocycles. The van der Waals surface area contributed by atoms with Gasteiger partial charge in [0, 0.05) is 12.8 Å². The molecule has 1 amide bonds. The molecule has 0 saturated carbocycles. The number of nitrogens with one attached hydrogen (secondary N) is 1. The predicted octanol–water partition coefficient (Wildman–Crippen LogP) is 15.9. The lowest BCUT2D eigenvalue weighted by molar-refractivity contribution is -0.143. The zero-order chi connectivity index (χ0) is 43.7. The highest BCUT2D eigenvalue weighted by Crippen LogP contribution is 2.16. The largest absolute Gasteiger partial charge is 0.466 e. The van der Waals surface area contributed by atoms with Crippen molar-refractivity contribution < 1.29 is 24.5 Å². The van der Waals surface area contributed by atoms with Crippen molar-refractivity contribution in [2.45, 2.75) is 296 Å². The maximum Gasteiger partial charge on any atom is 0.305 e. The molecule has 0 saturated heterocycles. The number of amides is 1. The SMILES string of the molecule is CCCCCCCCCCCCCC/C=C/C(O)C(CO)NC(=O)CCCCCCC/C=C\CCCCCCCCCOC(=O)CCCCCCCCCCCCCCC. The molecule has 2 atom stereocenters. The molecule has 3 N–H and O–H groups in total. The van der Waals surface area contributed by atoms with Gasteiger partial charge in [0.1, 0.15) is 0 Å². The molecule has 2 unspecified atom stereocenters. The molecule has 6 nitrogen and oxygen atoms in total. The Morgan fingerprint density at radius 2 is 0.783 bits per heavy atom. The van der Waals surface area contributed by atoms with Crippen LogP contribution >= 0.6 is 0 Å². The Balaban J connectivity index is 3.49. The number of rotatable bonds is 49. The molecule has 0 spiro atoms. The summed E-state index contributed by atoms with van der Waals surface area (Å²) >= 11 is 0. The Morgan fingerprint density at radius 1 is 0.450 bits per heavy atom. The van der Waals surface area contributed by atoms with Gasteiger partial charge in [-0.3, -0.25) is 9.59 Å². The number of hydrogen-bond acceptors (Lipinski definition) is 5. The summed E-state index contributed by atoms with van der Waals surface area (Å²) in [6, 6.07) is -0.639. The van der Waals surface area contributed by atoms with E-state index < -0.39 is 12.1 Å². The van der Waals surface area contributed by atoms with Crippen LogP contribution in [0.5, 0.6) is 0 Å². The molecular weight excluding hydrogens is 743 g/mol. The minimum absolute atomic E-state index is 0.00257. The first-order valence-electron chi connectivity index (χ1n) is 26.6. The van der Waals surface area contributed by atoms with Gasteiger partial charge >= 0.3 is 5.97 Å². The lowest BCUT2D eigenvalue weighted by Gasteiger charge is -2.20. The van der Waals surface area contributed by atoms with Crippen LogP contribution in [0.4, 0.5) is 0 Å². The number of unbranched alkanes of at least 4 members (excludes halogenated alkanes) is 36. The van der Waals surface area contributed by atoms with E-state index in [1.54, 1.807) is 6.08 Å². The molecular formula is C54H103NO5.